The summed E-state index contributed by atoms with van der Waals surface area (Å²) in [5.74, 6) is 0.531. The summed E-state index contributed by atoms with van der Waals surface area (Å²) >= 11 is 0. The molecule has 10 nitrogen and oxygen atoms in total. The average Bonchev–Trinajstić information content (AvgIpc) is 3.07. The number of sulfonamides is 1. The van der Waals surface area contributed by atoms with E-state index in [9.17, 15) is 18.0 Å². The van der Waals surface area contributed by atoms with E-state index >= 15 is 0 Å². The number of ether oxygens (including phenoxy) is 3. The van der Waals surface area contributed by atoms with Crippen LogP contribution in [0.15, 0.2) is 77.7 Å². The molecule has 1 saturated carbocycles. The maximum Gasteiger partial charge on any atom is 0.264 e. The highest BCUT2D eigenvalue weighted by Gasteiger charge is 2.34. The van der Waals surface area contributed by atoms with Crippen LogP contribution in [-0.2, 0) is 26.2 Å². The number of hydrogen-bond donors (Lipinski definition) is 1. The number of nitrogens with zero attached hydrogens (tertiary/aromatic N) is 2. The normalized spacial score (nSPS) is 14.2. The van der Waals surface area contributed by atoms with E-state index in [4.69, 9.17) is 14.2 Å². The van der Waals surface area contributed by atoms with E-state index in [1.165, 1.54) is 37.3 Å². The fraction of sp³-hybridized carbons (Fsp3) is 0.412. The molecule has 45 heavy (non-hydrogen) atoms. The van der Waals surface area contributed by atoms with Crippen molar-refractivity contribution in [1.29, 1.82) is 0 Å². The van der Waals surface area contributed by atoms with Gasteiger partial charge in [0.05, 0.1) is 31.9 Å². The third-order valence-corrected chi connectivity index (χ3v) is 9.89. The Balaban J connectivity index is 1.71. The first kappa shape index (κ1) is 33.6. The first-order chi connectivity index (χ1) is 21.7. The molecule has 1 fully saturated rings. The van der Waals surface area contributed by atoms with Gasteiger partial charge in [0.2, 0.25) is 11.8 Å². The highest BCUT2D eigenvalue weighted by atomic mass is 32.2. The molecule has 0 aliphatic heterocycles. The van der Waals surface area contributed by atoms with Crippen LogP contribution in [0.3, 0.4) is 0 Å². The molecular formula is C34H43N3O7S. The zero-order valence-electron chi connectivity index (χ0n) is 26.4. The van der Waals surface area contributed by atoms with Crippen molar-refractivity contribution in [3.05, 3.63) is 78.4 Å². The first-order valence-electron chi connectivity index (χ1n) is 15.2. The van der Waals surface area contributed by atoms with Crippen LogP contribution in [0, 0.1) is 0 Å². The standard InChI is InChI=1S/C34H43N3O7S/c1-5-30(34(39)35-26-12-8-6-9-13-26)36(23-25-16-18-28(42-2)19-17-25)33(38)24-37(27-14-10-7-11-15-27)45(40,41)29-20-21-31(43-3)32(22-29)44-4/h7,10-11,14-22,26,30H,5-6,8-9,12-13,23-24H2,1-4H3,(H,35,39)/t30-/m1/s1. The van der Waals surface area contributed by atoms with Gasteiger partial charge in [-0.2, -0.15) is 0 Å². The van der Waals surface area contributed by atoms with Crippen molar-refractivity contribution in [2.24, 2.45) is 0 Å². The van der Waals surface area contributed by atoms with Gasteiger partial charge in [-0.15, -0.1) is 0 Å². The van der Waals surface area contributed by atoms with Crippen LogP contribution in [0.25, 0.3) is 0 Å². The van der Waals surface area contributed by atoms with E-state index in [-0.39, 0.29) is 29.1 Å². The van der Waals surface area contributed by atoms with Crippen LogP contribution in [0.4, 0.5) is 5.69 Å². The predicted molar refractivity (Wildman–Crippen MR) is 173 cm³/mol. The van der Waals surface area contributed by atoms with Gasteiger partial charge in [0.1, 0.15) is 18.3 Å². The Labute approximate surface area is 266 Å². The molecule has 1 N–H and O–H groups in total. The molecular weight excluding hydrogens is 594 g/mol. The maximum absolute atomic E-state index is 14.3. The third-order valence-electron chi connectivity index (χ3n) is 8.12. The minimum absolute atomic E-state index is 0.0597. The largest absolute Gasteiger partial charge is 0.497 e. The van der Waals surface area contributed by atoms with Gasteiger partial charge in [-0.1, -0.05) is 56.5 Å². The minimum Gasteiger partial charge on any atom is -0.497 e. The molecule has 2 amide bonds. The number of carbonyl (C=O) groups is 2. The molecule has 0 bridgehead atoms. The molecule has 0 saturated heterocycles. The zero-order valence-corrected chi connectivity index (χ0v) is 27.2. The predicted octanol–water partition coefficient (Wildman–Crippen LogP) is 5.16. The number of anilines is 1. The molecule has 1 atom stereocenters. The number of methoxy groups -OCH3 is 3. The van der Waals surface area contributed by atoms with Gasteiger partial charge < -0.3 is 24.4 Å². The molecule has 0 aromatic heterocycles. The highest BCUT2D eigenvalue weighted by Crippen LogP contribution is 2.32. The summed E-state index contributed by atoms with van der Waals surface area (Å²) in [4.78, 5) is 29.4. The number of nitrogens with one attached hydrogen (secondary N) is 1. The van der Waals surface area contributed by atoms with Crippen molar-refractivity contribution in [3.63, 3.8) is 0 Å². The second-order valence-corrected chi connectivity index (χ2v) is 12.9. The van der Waals surface area contributed by atoms with E-state index in [1.54, 1.807) is 49.6 Å². The van der Waals surface area contributed by atoms with Gasteiger partial charge in [0.25, 0.3) is 10.0 Å². The molecule has 0 radical (unpaired) electrons. The van der Waals surface area contributed by atoms with Crippen molar-refractivity contribution in [2.75, 3.05) is 32.2 Å². The van der Waals surface area contributed by atoms with Gasteiger partial charge in [0.15, 0.2) is 11.5 Å². The Morgan fingerprint density at radius 1 is 0.867 bits per heavy atom. The molecule has 1 aliphatic rings. The number of hydrogen-bond acceptors (Lipinski definition) is 7. The second kappa shape index (κ2) is 15.7. The number of rotatable bonds is 14. The molecule has 242 valence electrons. The fourth-order valence-corrected chi connectivity index (χ4v) is 7.05. The third kappa shape index (κ3) is 8.27. The number of carbonyl (C=O) groups excluding carboxylic acids is 2. The quantitative estimate of drug-likeness (QED) is 0.260. The number of benzene rings is 3. The summed E-state index contributed by atoms with van der Waals surface area (Å²) in [6.07, 6.45) is 5.41. The van der Waals surface area contributed by atoms with Crippen molar-refractivity contribution in [3.8, 4) is 17.2 Å². The van der Waals surface area contributed by atoms with E-state index in [2.05, 4.69) is 5.32 Å². The van der Waals surface area contributed by atoms with Crippen LogP contribution in [0.2, 0.25) is 0 Å². The van der Waals surface area contributed by atoms with E-state index < -0.39 is 28.5 Å². The number of para-hydroxylation sites is 1. The summed E-state index contributed by atoms with van der Waals surface area (Å²) < 4.78 is 45.4. The summed E-state index contributed by atoms with van der Waals surface area (Å²) in [6.45, 7) is 1.44. The monoisotopic (exact) mass is 637 g/mol. The van der Waals surface area contributed by atoms with Crippen molar-refractivity contribution < 1.29 is 32.2 Å². The highest BCUT2D eigenvalue weighted by molar-refractivity contribution is 7.92. The van der Waals surface area contributed by atoms with Gasteiger partial charge in [0, 0.05) is 18.7 Å². The molecule has 11 heteroatoms. The van der Waals surface area contributed by atoms with Gasteiger partial charge >= 0.3 is 0 Å². The molecule has 0 heterocycles. The molecule has 3 aromatic rings. The van der Waals surface area contributed by atoms with Crippen LogP contribution in [0.5, 0.6) is 17.2 Å². The fourth-order valence-electron chi connectivity index (χ4n) is 5.62. The molecule has 3 aromatic carbocycles. The van der Waals surface area contributed by atoms with Crippen LogP contribution in [0.1, 0.15) is 51.0 Å². The van der Waals surface area contributed by atoms with Gasteiger partial charge in [-0.25, -0.2) is 8.42 Å². The van der Waals surface area contributed by atoms with E-state index in [0.29, 0.717) is 23.6 Å². The lowest BCUT2D eigenvalue weighted by atomic mass is 9.95. The average molecular weight is 638 g/mol. The Kier molecular flexibility index (Phi) is 11.7. The SMILES string of the molecule is CC[C@H](C(=O)NC1CCCCC1)N(Cc1ccc(OC)cc1)C(=O)CN(c1ccccc1)S(=O)(=O)c1ccc(OC)c(OC)c1. The summed E-state index contributed by atoms with van der Waals surface area (Å²) in [5, 5.41) is 3.16. The molecule has 4 rings (SSSR count). The van der Waals surface area contributed by atoms with Crippen LogP contribution >= 0.6 is 0 Å². The van der Waals surface area contributed by atoms with Gasteiger partial charge in [-0.05, 0) is 61.2 Å². The summed E-state index contributed by atoms with van der Waals surface area (Å²) in [5.41, 5.74) is 1.09. The number of amides is 2. The Morgan fingerprint density at radius 3 is 2.13 bits per heavy atom. The zero-order chi connectivity index (χ0) is 32.4. The minimum atomic E-state index is -4.26. The smallest absolute Gasteiger partial charge is 0.264 e. The molecule has 0 unspecified atom stereocenters. The maximum atomic E-state index is 14.3. The van der Waals surface area contributed by atoms with Gasteiger partial charge in [-0.3, -0.25) is 13.9 Å². The Morgan fingerprint density at radius 2 is 1.53 bits per heavy atom. The summed E-state index contributed by atoms with van der Waals surface area (Å²) in [7, 11) is 0.199. The van der Waals surface area contributed by atoms with E-state index in [1.807, 2.05) is 19.1 Å². The Bertz CT molecular complexity index is 1530. The Hall–Kier alpha value is -4.25. The molecule has 1 aliphatic carbocycles. The van der Waals surface area contributed by atoms with E-state index in [0.717, 1.165) is 42.0 Å². The van der Waals surface area contributed by atoms with Crippen LogP contribution in [-0.4, -0.2) is 65.1 Å². The summed E-state index contributed by atoms with van der Waals surface area (Å²) in [6, 6.07) is 19.2. The first-order valence-corrected chi connectivity index (χ1v) is 16.7. The lowest BCUT2D eigenvalue weighted by Crippen LogP contribution is -2.54. The van der Waals surface area contributed by atoms with Crippen LogP contribution < -0.4 is 23.8 Å². The molecule has 0 spiro atoms. The van der Waals surface area contributed by atoms with Crippen molar-refractivity contribution in [1.82, 2.24) is 10.2 Å². The second-order valence-electron chi connectivity index (χ2n) is 11.0. The topological polar surface area (TPSA) is 114 Å². The lowest BCUT2D eigenvalue weighted by molar-refractivity contribution is -0.140. The van der Waals surface area contributed by atoms with Crippen molar-refractivity contribution >= 4 is 27.5 Å². The lowest BCUT2D eigenvalue weighted by Gasteiger charge is -2.34. The van der Waals surface area contributed by atoms with Crippen molar-refractivity contribution in [2.45, 2.75) is 69.0 Å².